The van der Waals surface area contributed by atoms with Gasteiger partial charge in [0.2, 0.25) is 5.09 Å². The lowest BCUT2D eigenvalue weighted by Gasteiger charge is -2.22. The Balaban J connectivity index is 1.84. The quantitative estimate of drug-likeness (QED) is 0.906. The third-order valence-corrected chi connectivity index (χ3v) is 5.79. The van der Waals surface area contributed by atoms with Crippen LogP contribution in [0.1, 0.15) is 35.1 Å². The first-order chi connectivity index (χ1) is 9.60. The first-order valence-electron chi connectivity index (χ1n) is 6.47. The highest BCUT2D eigenvalue weighted by molar-refractivity contribution is 7.89. The monoisotopic (exact) mass is 312 g/mol. The van der Waals surface area contributed by atoms with Crippen LogP contribution in [0.15, 0.2) is 33.1 Å². The van der Waals surface area contributed by atoms with Crippen LogP contribution >= 0.6 is 11.3 Å². The molecule has 20 heavy (non-hydrogen) atoms. The van der Waals surface area contributed by atoms with E-state index in [9.17, 15) is 8.42 Å². The Labute approximate surface area is 121 Å². The summed E-state index contributed by atoms with van der Waals surface area (Å²) in [7, 11) is -3.64. The van der Waals surface area contributed by atoms with E-state index in [0.29, 0.717) is 5.76 Å². The standard InChI is InChI=1S/C13H16N2O3S2/c14-8-9-4-5-13(18-9)20(16,17)15-11-2-1-3-12-10(11)6-7-19-12/h4-7,11,15H,1-3,8,14H2. The van der Waals surface area contributed by atoms with Gasteiger partial charge in [-0.25, -0.2) is 13.1 Å². The van der Waals surface area contributed by atoms with Gasteiger partial charge >= 0.3 is 0 Å². The zero-order valence-electron chi connectivity index (χ0n) is 10.8. The first-order valence-corrected chi connectivity index (χ1v) is 8.84. The van der Waals surface area contributed by atoms with Gasteiger partial charge in [-0.1, -0.05) is 0 Å². The summed E-state index contributed by atoms with van der Waals surface area (Å²) in [5, 5.41) is 1.94. The zero-order valence-corrected chi connectivity index (χ0v) is 12.5. The molecule has 0 aromatic carbocycles. The topological polar surface area (TPSA) is 85.3 Å². The second-order valence-electron chi connectivity index (χ2n) is 4.79. The molecular weight excluding hydrogens is 296 g/mol. The Morgan fingerprint density at radius 2 is 2.25 bits per heavy atom. The fourth-order valence-corrected chi connectivity index (χ4v) is 4.65. The van der Waals surface area contributed by atoms with E-state index in [1.807, 2.05) is 11.4 Å². The van der Waals surface area contributed by atoms with Gasteiger partial charge in [-0.3, -0.25) is 0 Å². The van der Waals surface area contributed by atoms with Crippen molar-refractivity contribution in [3.8, 4) is 0 Å². The molecule has 2 heterocycles. The number of aryl methyl sites for hydroxylation is 1. The second-order valence-corrected chi connectivity index (χ2v) is 7.44. The summed E-state index contributed by atoms with van der Waals surface area (Å²) in [6.45, 7) is 0.188. The third-order valence-electron chi connectivity index (χ3n) is 3.45. The van der Waals surface area contributed by atoms with Crippen molar-refractivity contribution >= 4 is 21.4 Å². The molecule has 1 unspecified atom stereocenters. The minimum Gasteiger partial charge on any atom is -0.447 e. The summed E-state index contributed by atoms with van der Waals surface area (Å²) in [5.74, 6) is 0.463. The van der Waals surface area contributed by atoms with Crippen LogP contribution in [0.4, 0.5) is 0 Å². The maximum Gasteiger partial charge on any atom is 0.274 e. The molecular formula is C13H16N2O3S2. The molecule has 0 saturated heterocycles. The Morgan fingerprint density at radius 1 is 1.40 bits per heavy atom. The zero-order chi connectivity index (χ0) is 14.2. The lowest BCUT2D eigenvalue weighted by atomic mass is 9.95. The van der Waals surface area contributed by atoms with Gasteiger partial charge in [-0.2, -0.15) is 0 Å². The highest BCUT2D eigenvalue weighted by atomic mass is 32.2. The van der Waals surface area contributed by atoms with Gasteiger partial charge in [0.25, 0.3) is 10.0 Å². The van der Waals surface area contributed by atoms with Crippen LogP contribution in [-0.2, 0) is 23.0 Å². The van der Waals surface area contributed by atoms with E-state index in [0.717, 1.165) is 24.8 Å². The molecule has 1 atom stereocenters. The molecule has 1 aliphatic carbocycles. The van der Waals surface area contributed by atoms with Crippen molar-refractivity contribution in [1.82, 2.24) is 4.72 Å². The molecule has 7 heteroatoms. The molecule has 0 radical (unpaired) electrons. The highest BCUT2D eigenvalue weighted by Gasteiger charge is 2.28. The van der Waals surface area contributed by atoms with Crippen LogP contribution in [0, 0.1) is 0 Å². The average Bonchev–Trinajstić information content (AvgIpc) is 3.08. The number of rotatable bonds is 4. The van der Waals surface area contributed by atoms with E-state index in [-0.39, 0.29) is 17.7 Å². The normalized spacial score (nSPS) is 18.9. The predicted octanol–water partition coefficient (Wildman–Crippen LogP) is 2.16. The number of sulfonamides is 1. The molecule has 3 rings (SSSR count). The molecule has 0 spiro atoms. The fraction of sp³-hybridized carbons (Fsp3) is 0.385. The van der Waals surface area contributed by atoms with Crippen LogP contribution < -0.4 is 10.5 Å². The molecule has 1 aliphatic rings. The molecule has 0 amide bonds. The molecule has 3 N–H and O–H groups in total. The van der Waals surface area contributed by atoms with Crippen LogP contribution in [0.5, 0.6) is 0 Å². The molecule has 5 nitrogen and oxygen atoms in total. The van der Waals surface area contributed by atoms with Gasteiger partial charge in [0, 0.05) is 10.9 Å². The number of hydrogen-bond acceptors (Lipinski definition) is 5. The summed E-state index contributed by atoms with van der Waals surface area (Å²) in [6, 6.07) is 4.87. The van der Waals surface area contributed by atoms with E-state index in [2.05, 4.69) is 4.72 Å². The van der Waals surface area contributed by atoms with Gasteiger partial charge in [-0.15, -0.1) is 11.3 Å². The number of hydrogen-bond donors (Lipinski definition) is 2. The van der Waals surface area contributed by atoms with Gasteiger partial charge in [-0.05, 0) is 48.4 Å². The fourth-order valence-electron chi connectivity index (χ4n) is 2.47. The molecule has 108 valence electrons. The summed E-state index contributed by atoms with van der Waals surface area (Å²) >= 11 is 1.68. The molecule has 2 aromatic rings. The number of furan rings is 1. The third kappa shape index (κ3) is 2.54. The van der Waals surface area contributed by atoms with E-state index in [1.54, 1.807) is 17.4 Å². The Bertz CT molecular complexity index is 703. The minimum atomic E-state index is -3.64. The van der Waals surface area contributed by atoms with E-state index >= 15 is 0 Å². The molecule has 0 saturated carbocycles. The lowest BCUT2D eigenvalue weighted by Crippen LogP contribution is -2.30. The SMILES string of the molecule is NCc1ccc(S(=O)(=O)NC2CCCc3sccc32)o1. The predicted molar refractivity (Wildman–Crippen MR) is 76.9 cm³/mol. The van der Waals surface area contributed by atoms with Crippen molar-refractivity contribution in [3.05, 3.63) is 39.8 Å². The number of thiophene rings is 1. The molecule has 2 aromatic heterocycles. The summed E-state index contributed by atoms with van der Waals surface area (Å²) in [6.07, 6.45) is 2.84. The van der Waals surface area contributed by atoms with E-state index < -0.39 is 10.0 Å². The van der Waals surface area contributed by atoms with Gasteiger partial charge in [0.15, 0.2) is 0 Å². The Hall–Kier alpha value is -1.15. The molecule has 0 bridgehead atoms. The van der Waals surface area contributed by atoms with Crippen LogP contribution in [-0.4, -0.2) is 8.42 Å². The van der Waals surface area contributed by atoms with Crippen molar-refractivity contribution in [1.29, 1.82) is 0 Å². The lowest BCUT2D eigenvalue weighted by molar-refractivity contribution is 0.407. The van der Waals surface area contributed by atoms with Crippen molar-refractivity contribution < 1.29 is 12.8 Å². The van der Waals surface area contributed by atoms with Gasteiger partial charge < -0.3 is 10.2 Å². The summed E-state index contributed by atoms with van der Waals surface area (Å²) < 4.78 is 32.6. The van der Waals surface area contributed by atoms with Gasteiger partial charge in [0.05, 0.1) is 6.54 Å². The van der Waals surface area contributed by atoms with Crippen LogP contribution in [0.25, 0.3) is 0 Å². The second kappa shape index (κ2) is 5.33. The van der Waals surface area contributed by atoms with Crippen molar-refractivity contribution in [3.63, 3.8) is 0 Å². The molecule has 0 fully saturated rings. The largest absolute Gasteiger partial charge is 0.447 e. The van der Waals surface area contributed by atoms with Crippen molar-refractivity contribution in [2.24, 2.45) is 5.73 Å². The van der Waals surface area contributed by atoms with Crippen LogP contribution in [0.3, 0.4) is 0 Å². The number of nitrogens with one attached hydrogen (secondary N) is 1. The minimum absolute atomic E-state index is 0.0692. The Morgan fingerprint density at radius 3 is 3.00 bits per heavy atom. The average molecular weight is 312 g/mol. The summed E-state index contributed by atoms with van der Waals surface area (Å²) in [5.41, 5.74) is 6.53. The first kappa shape index (κ1) is 13.8. The Kier molecular flexibility index (Phi) is 3.68. The van der Waals surface area contributed by atoms with E-state index in [4.69, 9.17) is 10.2 Å². The highest BCUT2D eigenvalue weighted by Crippen LogP contribution is 2.34. The maximum atomic E-state index is 12.3. The van der Waals surface area contributed by atoms with Crippen LogP contribution in [0.2, 0.25) is 0 Å². The number of nitrogens with two attached hydrogens (primary N) is 1. The van der Waals surface area contributed by atoms with E-state index in [1.165, 1.54) is 10.9 Å². The van der Waals surface area contributed by atoms with Crippen molar-refractivity contribution in [2.75, 3.05) is 0 Å². The molecule has 0 aliphatic heterocycles. The van der Waals surface area contributed by atoms with Crippen molar-refractivity contribution in [2.45, 2.75) is 36.9 Å². The summed E-state index contributed by atoms with van der Waals surface area (Å²) in [4.78, 5) is 1.27. The maximum absolute atomic E-state index is 12.3. The van der Waals surface area contributed by atoms with Gasteiger partial charge in [0.1, 0.15) is 5.76 Å². The number of fused-ring (bicyclic) bond motifs is 1. The smallest absolute Gasteiger partial charge is 0.274 e.